The van der Waals surface area contributed by atoms with E-state index < -0.39 is 0 Å². The van der Waals surface area contributed by atoms with Crippen molar-refractivity contribution in [3.8, 4) is 0 Å². The number of esters is 1. The quantitative estimate of drug-likeness (QED) is 0.541. The SMILES string of the molecule is C/C=C/C(=O)OCC1CC2CCCCC2C1. The minimum Gasteiger partial charge on any atom is -0.462 e. The Labute approximate surface area is 98.1 Å². The second-order valence-corrected chi connectivity index (χ2v) is 5.27. The molecule has 0 aromatic heterocycles. The lowest BCUT2D eigenvalue weighted by Gasteiger charge is -2.24. The summed E-state index contributed by atoms with van der Waals surface area (Å²) in [5.74, 6) is 2.30. The van der Waals surface area contributed by atoms with Gasteiger partial charge in [-0.05, 0) is 37.5 Å². The summed E-state index contributed by atoms with van der Waals surface area (Å²) in [5, 5.41) is 0. The molecule has 0 aliphatic heterocycles. The summed E-state index contributed by atoms with van der Waals surface area (Å²) in [4.78, 5) is 11.2. The van der Waals surface area contributed by atoms with Crippen LogP contribution >= 0.6 is 0 Å². The molecule has 2 aliphatic rings. The van der Waals surface area contributed by atoms with Crippen LogP contribution in [0, 0.1) is 17.8 Å². The van der Waals surface area contributed by atoms with Crippen molar-refractivity contribution in [3.63, 3.8) is 0 Å². The maximum absolute atomic E-state index is 11.2. The van der Waals surface area contributed by atoms with Gasteiger partial charge in [0.15, 0.2) is 0 Å². The van der Waals surface area contributed by atoms with E-state index in [2.05, 4.69) is 0 Å². The number of ether oxygens (including phenoxy) is 1. The van der Waals surface area contributed by atoms with Crippen molar-refractivity contribution >= 4 is 5.97 Å². The van der Waals surface area contributed by atoms with Gasteiger partial charge in [0.1, 0.15) is 0 Å². The monoisotopic (exact) mass is 222 g/mol. The smallest absolute Gasteiger partial charge is 0.330 e. The van der Waals surface area contributed by atoms with E-state index in [0.717, 1.165) is 11.8 Å². The average Bonchev–Trinajstić information content (AvgIpc) is 2.69. The molecule has 2 nitrogen and oxygen atoms in total. The predicted molar refractivity (Wildman–Crippen MR) is 63.9 cm³/mol. The molecule has 0 aromatic rings. The van der Waals surface area contributed by atoms with Crippen molar-refractivity contribution in [1.29, 1.82) is 0 Å². The molecule has 2 heteroatoms. The summed E-state index contributed by atoms with van der Waals surface area (Å²) < 4.78 is 5.25. The molecule has 0 spiro atoms. The summed E-state index contributed by atoms with van der Waals surface area (Å²) in [6.07, 6.45) is 11.4. The standard InChI is InChI=1S/C14H22O2/c1-2-5-14(15)16-10-11-8-12-6-3-4-7-13(12)9-11/h2,5,11-13H,3-4,6-10H2,1H3/b5-2+. The van der Waals surface area contributed by atoms with Gasteiger partial charge in [-0.3, -0.25) is 0 Å². The van der Waals surface area contributed by atoms with Gasteiger partial charge in [0.25, 0.3) is 0 Å². The van der Waals surface area contributed by atoms with Crippen LogP contribution in [0.3, 0.4) is 0 Å². The van der Waals surface area contributed by atoms with Crippen LogP contribution in [-0.4, -0.2) is 12.6 Å². The Kier molecular flexibility index (Phi) is 4.03. The molecule has 2 atom stereocenters. The van der Waals surface area contributed by atoms with E-state index in [9.17, 15) is 4.79 Å². The van der Waals surface area contributed by atoms with E-state index in [-0.39, 0.29) is 5.97 Å². The highest BCUT2D eigenvalue weighted by molar-refractivity contribution is 5.81. The van der Waals surface area contributed by atoms with Crippen molar-refractivity contribution in [2.24, 2.45) is 17.8 Å². The molecule has 2 saturated carbocycles. The number of carbonyl (C=O) groups excluding carboxylic acids is 1. The molecule has 0 heterocycles. The number of fused-ring (bicyclic) bond motifs is 1. The Morgan fingerprint density at radius 2 is 1.88 bits per heavy atom. The van der Waals surface area contributed by atoms with Crippen molar-refractivity contribution in [3.05, 3.63) is 12.2 Å². The Hall–Kier alpha value is -0.790. The molecule has 0 saturated heterocycles. The highest BCUT2D eigenvalue weighted by Gasteiger charge is 2.35. The highest BCUT2D eigenvalue weighted by Crippen LogP contribution is 2.45. The van der Waals surface area contributed by atoms with Crippen LogP contribution in [0.2, 0.25) is 0 Å². The lowest BCUT2D eigenvalue weighted by atomic mass is 9.82. The maximum Gasteiger partial charge on any atom is 0.330 e. The summed E-state index contributed by atoms with van der Waals surface area (Å²) >= 11 is 0. The number of rotatable bonds is 3. The molecule has 0 N–H and O–H groups in total. The first-order valence-electron chi connectivity index (χ1n) is 6.59. The fourth-order valence-corrected chi connectivity index (χ4v) is 3.38. The van der Waals surface area contributed by atoms with E-state index in [4.69, 9.17) is 4.74 Å². The van der Waals surface area contributed by atoms with E-state index in [1.54, 1.807) is 6.08 Å². The maximum atomic E-state index is 11.2. The topological polar surface area (TPSA) is 26.3 Å². The number of allylic oxidation sites excluding steroid dienone is 1. The molecule has 0 bridgehead atoms. The van der Waals surface area contributed by atoms with E-state index in [1.165, 1.54) is 44.6 Å². The van der Waals surface area contributed by atoms with Gasteiger partial charge in [-0.15, -0.1) is 0 Å². The fourth-order valence-electron chi connectivity index (χ4n) is 3.38. The average molecular weight is 222 g/mol. The molecule has 2 aliphatic carbocycles. The van der Waals surface area contributed by atoms with Crippen molar-refractivity contribution in [2.75, 3.05) is 6.61 Å². The minimum atomic E-state index is -0.183. The molecule has 2 rings (SSSR count). The highest BCUT2D eigenvalue weighted by atomic mass is 16.5. The third kappa shape index (κ3) is 2.87. The minimum absolute atomic E-state index is 0.183. The Balaban J connectivity index is 1.74. The number of hydrogen-bond acceptors (Lipinski definition) is 2. The van der Waals surface area contributed by atoms with Gasteiger partial charge >= 0.3 is 5.97 Å². The molecule has 2 unspecified atom stereocenters. The summed E-state index contributed by atoms with van der Waals surface area (Å²) in [5.41, 5.74) is 0. The first-order valence-corrected chi connectivity index (χ1v) is 6.59. The van der Waals surface area contributed by atoms with Crippen LogP contribution in [0.15, 0.2) is 12.2 Å². The van der Waals surface area contributed by atoms with Gasteiger partial charge in [-0.1, -0.05) is 31.8 Å². The van der Waals surface area contributed by atoms with Gasteiger partial charge in [0.05, 0.1) is 6.61 Å². The largest absolute Gasteiger partial charge is 0.462 e. The lowest BCUT2D eigenvalue weighted by molar-refractivity contribution is -0.139. The number of hydrogen-bond donors (Lipinski definition) is 0. The van der Waals surface area contributed by atoms with E-state index in [1.807, 2.05) is 6.92 Å². The van der Waals surface area contributed by atoms with Gasteiger partial charge in [0.2, 0.25) is 0 Å². The summed E-state index contributed by atoms with van der Waals surface area (Å²) in [7, 11) is 0. The third-order valence-electron chi connectivity index (χ3n) is 4.10. The Bertz CT molecular complexity index is 256. The van der Waals surface area contributed by atoms with Gasteiger partial charge in [-0.2, -0.15) is 0 Å². The third-order valence-corrected chi connectivity index (χ3v) is 4.10. The lowest BCUT2D eigenvalue weighted by Crippen LogP contribution is -2.12. The predicted octanol–water partition coefficient (Wildman–Crippen LogP) is 3.32. The van der Waals surface area contributed by atoms with Crippen LogP contribution in [0.25, 0.3) is 0 Å². The zero-order valence-corrected chi connectivity index (χ0v) is 10.2. The second-order valence-electron chi connectivity index (χ2n) is 5.27. The van der Waals surface area contributed by atoms with Crippen LogP contribution < -0.4 is 0 Å². The zero-order chi connectivity index (χ0) is 11.4. The first-order chi connectivity index (χ1) is 7.79. The molecule has 2 fully saturated rings. The summed E-state index contributed by atoms with van der Waals surface area (Å²) in [6.45, 7) is 2.47. The van der Waals surface area contributed by atoms with Crippen LogP contribution in [0.4, 0.5) is 0 Å². The molecule has 16 heavy (non-hydrogen) atoms. The van der Waals surface area contributed by atoms with E-state index >= 15 is 0 Å². The molecular weight excluding hydrogens is 200 g/mol. The van der Waals surface area contributed by atoms with Crippen LogP contribution in [0.5, 0.6) is 0 Å². The van der Waals surface area contributed by atoms with Crippen LogP contribution in [-0.2, 0) is 9.53 Å². The van der Waals surface area contributed by atoms with Crippen molar-refractivity contribution in [2.45, 2.75) is 45.4 Å². The van der Waals surface area contributed by atoms with Crippen molar-refractivity contribution < 1.29 is 9.53 Å². The number of carbonyl (C=O) groups is 1. The van der Waals surface area contributed by atoms with Gasteiger partial charge in [-0.25, -0.2) is 4.79 Å². The van der Waals surface area contributed by atoms with Gasteiger partial charge < -0.3 is 4.74 Å². The Morgan fingerprint density at radius 3 is 2.44 bits per heavy atom. The van der Waals surface area contributed by atoms with Crippen LogP contribution in [0.1, 0.15) is 45.4 Å². The fraction of sp³-hybridized carbons (Fsp3) is 0.786. The molecule has 0 amide bonds. The first kappa shape index (κ1) is 11.7. The zero-order valence-electron chi connectivity index (χ0n) is 10.2. The molecular formula is C14H22O2. The Morgan fingerprint density at radius 1 is 1.25 bits per heavy atom. The molecule has 0 aromatic carbocycles. The molecule has 90 valence electrons. The van der Waals surface area contributed by atoms with Crippen molar-refractivity contribution in [1.82, 2.24) is 0 Å². The second kappa shape index (κ2) is 5.51. The van der Waals surface area contributed by atoms with E-state index in [0.29, 0.717) is 12.5 Å². The normalized spacial score (nSPS) is 33.9. The summed E-state index contributed by atoms with van der Waals surface area (Å²) in [6, 6.07) is 0. The molecule has 0 radical (unpaired) electrons. The van der Waals surface area contributed by atoms with Gasteiger partial charge in [0, 0.05) is 6.08 Å².